The maximum atomic E-state index is 12.9. The van der Waals surface area contributed by atoms with Crippen molar-refractivity contribution in [2.45, 2.75) is 0 Å². The Labute approximate surface area is 97.5 Å². The van der Waals surface area contributed by atoms with Gasteiger partial charge in [-0.1, -0.05) is 0 Å². The first kappa shape index (κ1) is 10.8. The fraction of sp³-hybridized carbons (Fsp3) is 0. The number of rotatable bonds is 1. The molecule has 0 atom stereocenters. The number of nitrogens with zero attached hydrogens (tertiary/aromatic N) is 1. The Morgan fingerprint density at radius 1 is 1.19 bits per heavy atom. The third-order valence-electron chi connectivity index (χ3n) is 1.97. The van der Waals surface area contributed by atoms with Crippen LogP contribution in [0.2, 0.25) is 0 Å². The van der Waals surface area contributed by atoms with E-state index in [0.29, 0.717) is 10.2 Å². The molecule has 0 spiro atoms. The van der Waals surface area contributed by atoms with Crippen LogP contribution in [0.3, 0.4) is 0 Å². The zero-order valence-corrected chi connectivity index (χ0v) is 9.49. The average molecular weight is 285 g/mol. The van der Waals surface area contributed by atoms with E-state index in [1.807, 2.05) is 0 Å². The molecule has 16 heavy (non-hydrogen) atoms. The summed E-state index contributed by atoms with van der Waals surface area (Å²) in [6.45, 7) is 0. The van der Waals surface area contributed by atoms with Crippen LogP contribution in [0.25, 0.3) is 5.69 Å². The quantitative estimate of drug-likeness (QED) is 0.861. The van der Waals surface area contributed by atoms with Gasteiger partial charge in [0.2, 0.25) is 0 Å². The number of nitrogens with one attached hydrogen (secondary N) is 1. The standard InChI is InChI=1S/C10H6BrFN2O2/c11-7-5-6(12)1-2-8(7)14-10(16)4-3-9(15)13-14/h1-5H,(H,13,15). The van der Waals surface area contributed by atoms with Crippen LogP contribution in [-0.4, -0.2) is 9.78 Å². The normalized spacial score (nSPS) is 10.4. The van der Waals surface area contributed by atoms with Gasteiger partial charge in [-0.05, 0) is 34.1 Å². The predicted octanol–water partition coefficient (Wildman–Crippen LogP) is 1.43. The van der Waals surface area contributed by atoms with Gasteiger partial charge in [0.05, 0.1) is 5.69 Å². The Morgan fingerprint density at radius 3 is 2.62 bits per heavy atom. The van der Waals surface area contributed by atoms with Crippen LogP contribution in [-0.2, 0) is 0 Å². The largest absolute Gasteiger partial charge is 0.269 e. The van der Waals surface area contributed by atoms with Gasteiger partial charge in [0.15, 0.2) is 0 Å². The topological polar surface area (TPSA) is 54.9 Å². The monoisotopic (exact) mass is 284 g/mol. The molecule has 0 aliphatic rings. The van der Waals surface area contributed by atoms with E-state index < -0.39 is 16.9 Å². The molecule has 82 valence electrons. The Morgan fingerprint density at radius 2 is 1.94 bits per heavy atom. The van der Waals surface area contributed by atoms with Gasteiger partial charge < -0.3 is 0 Å². The minimum absolute atomic E-state index is 0.379. The lowest BCUT2D eigenvalue weighted by molar-refractivity contribution is 0.625. The van der Waals surface area contributed by atoms with E-state index >= 15 is 0 Å². The molecule has 6 heteroatoms. The van der Waals surface area contributed by atoms with E-state index in [-0.39, 0.29) is 0 Å². The summed E-state index contributed by atoms with van der Waals surface area (Å²) >= 11 is 3.12. The Kier molecular flexibility index (Phi) is 2.74. The van der Waals surface area contributed by atoms with Crippen molar-refractivity contribution in [2.75, 3.05) is 0 Å². The third-order valence-corrected chi connectivity index (χ3v) is 2.61. The van der Waals surface area contributed by atoms with Gasteiger partial charge in [0.1, 0.15) is 5.82 Å². The zero-order chi connectivity index (χ0) is 11.7. The van der Waals surface area contributed by atoms with Gasteiger partial charge in [0.25, 0.3) is 11.1 Å². The molecule has 0 amide bonds. The highest BCUT2D eigenvalue weighted by Gasteiger charge is 2.05. The predicted molar refractivity (Wildman–Crippen MR) is 60.3 cm³/mol. The van der Waals surface area contributed by atoms with Crippen molar-refractivity contribution < 1.29 is 4.39 Å². The van der Waals surface area contributed by atoms with Crippen LogP contribution in [0.1, 0.15) is 0 Å². The van der Waals surface area contributed by atoms with Gasteiger partial charge in [-0.15, -0.1) is 0 Å². The van der Waals surface area contributed by atoms with Gasteiger partial charge in [-0.25, -0.2) is 9.07 Å². The summed E-state index contributed by atoms with van der Waals surface area (Å²) in [4.78, 5) is 22.6. The van der Waals surface area contributed by atoms with Gasteiger partial charge >= 0.3 is 0 Å². The summed E-state index contributed by atoms with van der Waals surface area (Å²) in [5.41, 5.74) is -0.424. The van der Waals surface area contributed by atoms with Gasteiger partial charge in [-0.2, -0.15) is 0 Å². The Bertz CT molecular complexity index is 648. The van der Waals surface area contributed by atoms with E-state index in [1.54, 1.807) is 0 Å². The zero-order valence-electron chi connectivity index (χ0n) is 7.91. The second kappa shape index (κ2) is 4.05. The summed E-state index contributed by atoms with van der Waals surface area (Å²) in [5.74, 6) is -0.429. The lowest BCUT2D eigenvalue weighted by Gasteiger charge is -2.06. The van der Waals surface area contributed by atoms with Crippen LogP contribution in [0.5, 0.6) is 0 Å². The number of aromatic nitrogens is 2. The minimum atomic E-state index is -0.429. The molecule has 1 aromatic carbocycles. The Balaban J connectivity index is 2.72. The van der Waals surface area contributed by atoms with Crippen molar-refractivity contribution in [1.82, 2.24) is 9.78 Å². The van der Waals surface area contributed by atoms with Gasteiger partial charge in [0, 0.05) is 16.6 Å². The molecule has 0 saturated carbocycles. The number of aromatic amines is 1. The molecule has 0 aliphatic heterocycles. The highest BCUT2D eigenvalue weighted by molar-refractivity contribution is 9.10. The van der Waals surface area contributed by atoms with Crippen molar-refractivity contribution in [2.24, 2.45) is 0 Å². The first-order valence-electron chi connectivity index (χ1n) is 4.36. The molecule has 0 radical (unpaired) electrons. The summed E-state index contributed by atoms with van der Waals surface area (Å²) in [5, 5.41) is 2.35. The van der Waals surface area contributed by atoms with Gasteiger partial charge in [-0.3, -0.25) is 14.7 Å². The molecule has 0 unspecified atom stereocenters. The Hall–Kier alpha value is -1.69. The third kappa shape index (κ3) is 1.96. The highest BCUT2D eigenvalue weighted by atomic mass is 79.9. The molecule has 1 aromatic heterocycles. The SMILES string of the molecule is O=c1ccc(=O)n(-c2ccc(F)cc2Br)[nH]1. The number of hydrogen-bond donors (Lipinski definition) is 1. The summed E-state index contributed by atoms with van der Waals surface area (Å²) in [6, 6.07) is 6.10. The molecule has 0 saturated heterocycles. The van der Waals surface area contributed by atoms with E-state index in [2.05, 4.69) is 21.0 Å². The van der Waals surface area contributed by atoms with Crippen molar-refractivity contribution in [3.63, 3.8) is 0 Å². The minimum Gasteiger partial charge on any atom is -0.268 e. The van der Waals surface area contributed by atoms with Crippen LogP contribution in [0, 0.1) is 5.82 Å². The highest BCUT2D eigenvalue weighted by Crippen LogP contribution is 2.19. The lowest BCUT2D eigenvalue weighted by atomic mass is 10.3. The molecule has 1 heterocycles. The maximum Gasteiger partial charge on any atom is 0.269 e. The van der Waals surface area contributed by atoms with E-state index in [0.717, 1.165) is 16.8 Å². The second-order valence-corrected chi connectivity index (χ2v) is 3.93. The van der Waals surface area contributed by atoms with E-state index in [9.17, 15) is 14.0 Å². The molecular formula is C10H6BrFN2O2. The molecule has 0 aliphatic carbocycles. The summed E-state index contributed by atoms with van der Waals surface area (Å²) < 4.78 is 14.3. The van der Waals surface area contributed by atoms with E-state index in [4.69, 9.17) is 0 Å². The first-order chi connectivity index (χ1) is 7.58. The molecule has 2 rings (SSSR count). The summed E-state index contributed by atoms with van der Waals surface area (Å²) in [7, 11) is 0. The molecule has 0 bridgehead atoms. The van der Waals surface area contributed by atoms with Crippen molar-refractivity contribution in [1.29, 1.82) is 0 Å². The fourth-order valence-electron chi connectivity index (χ4n) is 1.27. The van der Waals surface area contributed by atoms with E-state index in [1.165, 1.54) is 18.2 Å². The number of halogens is 2. The second-order valence-electron chi connectivity index (χ2n) is 3.08. The fourth-order valence-corrected chi connectivity index (χ4v) is 1.79. The van der Waals surface area contributed by atoms with Crippen molar-refractivity contribution in [3.05, 3.63) is 61.3 Å². The molecule has 4 nitrogen and oxygen atoms in total. The molecular weight excluding hydrogens is 279 g/mol. The van der Waals surface area contributed by atoms with Crippen LogP contribution >= 0.6 is 15.9 Å². The van der Waals surface area contributed by atoms with Crippen molar-refractivity contribution >= 4 is 15.9 Å². The number of benzene rings is 1. The van der Waals surface area contributed by atoms with Crippen LogP contribution in [0.15, 0.2) is 44.4 Å². The molecule has 2 aromatic rings. The van der Waals surface area contributed by atoms with Crippen LogP contribution < -0.4 is 11.1 Å². The molecule has 0 fully saturated rings. The lowest BCUT2D eigenvalue weighted by Crippen LogP contribution is -2.26. The average Bonchev–Trinajstić information content (AvgIpc) is 2.22. The maximum absolute atomic E-state index is 12.9. The first-order valence-corrected chi connectivity index (χ1v) is 5.15. The van der Waals surface area contributed by atoms with Crippen molar-refractivity contribution in [3.8, 4) is 5.69 Å². The number of H-pyrrole nitrogens is 1. The van der Waals surface area contributed by atoms with Crippen LogP contribution in [0.4, 0.5) is 4.39 Å². The number of hydrogen-bond acceptors (Lipinski definition) is 2. The smallest absolute Gasteiger partial charge is 0.268 e. The molecule has 1 N–H and O–H groups in total. The summed E-state index contributed by atoms with van der Waals surface area (Å²) in [6.07, 6.45) is 0.